The van der Waals surface area contributed by atoms with Crippen LogP contribution in [0.5, 0.6) is 0 Å². The normalized spacial score (nSPS) is 34.9. The van der Waals surface area contributed by atoms with E-state index >= 15 is 0 Å². The second kappa shape index (κ2) is 4.11. The topological polar surface area (TPSA) is 48.4 Å². The number of carbonyl (C=O) groups is 1. The molecule has 90 valence electrons. The standard InChI is InChI=1S/C13H15NO3/c1-16-13(15)12-10-3-2-9(17-10)11(12)8-4-6-14-7-5-8/h4-7,9-12H,2-3H2,1H3. The summed E-state index contributed by atoms with van der Waals surface area (Å²) in [5.74, 6) is -0.177. The molecule has 17 heavy (non-hydrogen) atoms. The number of hydrogen-bond acceptors (Lipinski definition) is 4. The van der Waals surface area contributed by atoms with Gasteiger partial charge in [-0.2, -0.15) is 0 Å². The first-order chi connectivity index (χ1) is 8.31. The summed E-state index contributed by atoms with van der Waals surface area (Å²) >= 11 is 0. The number of nitrogens with zero attached hydrogens (tertiary/aromatic N) is 1. The molecule has 3 rings (SSSR count). The first-order valence-corrected chi connectivity index (χ1v) is 5.94. The molecule has 4 heteroatoms. The third-order valence-electron chi connectivity index (χ3n) is 3.84. The highest BCUT2D eigenvalue weighted by Crippen LogP contribution is 2.48. The van der Waals surface area contributed by atoms with Gasteiger partial charge in [0.15, 0.2) is 0 Å². The van der Waals surface area contributed by atoms with Gasteiger partial charge >= 0.3 is 5.97 Å². The Balaban J connectivity index is 1.94. The minimum Gasteiger partial charge on any atom is -0.469 e. The monoisotopic (exact) mass is 233 g/mol. The van der Waals surface area contributed by atoms with Crippen LogP contribution in [-0.2, 0) is 14.3 Å². The molecule has 2 fully saturated rings. The van der Waals surface area contributed by atoms with Gasteiger partial charge < -0.3 is 9.47 Å². The van der Waals surface area contributed by atoms with Crippen molar-refractivity contribution < 1.29 is 14.3 Å². The van der Waals surface area contributed by atoms with Crippen LogP contribution in [0.15, 0.2) is 24.5 Å². The van der Waals surface area contributed by atoms with Gasteiger partial charge in [0.2, 0.25) is 0 Å². The number of esters is 1. The molecule has 0 N–H and O–H groups in total. The van der Waals surface area contributed by atoms with E-state index < -0.39 is 0 Å². The van der Waals surface area contributed by atoms with Gasteiger partial charge in [-0.3, -0.25) is 9.78 Å². The number of ether oxygens (including phenoxy) is 2. The molecule has 2 aliphatic rings. The molecule has 2 saturated heterocycles. The highest BCUT2D eigenvalue weighted by Gasteiger charge is 2.53. The van der Waals surface area contributed by atoms with Gasteiger partial charge in [-0.05, 0) is 30.5 Å². The van der Waals surface area contributed by atoms with Gasteiger partial charge in [-0.15, -0.1) is 0 Å². The average molecular weight is 233 g/mol. The summed E-state index contributed by atoms with van der Waals surface area (Å²) in [6.07, 6.45) is 5.71. The molecule has 1 aromatic rings. The van der Waals surface area contributed by atoms with Gasteiger partial charge in [-0.1, -0.05) is 0 Å². The molecule has 4 nitrogen and oxygen atoms in total. The van der Waals surface area contributed by atoms with Crippen molar-refractivity contribution in [2.45, 2.75) is 31.0 Å². The van der Waals surface area contributed by atoms with Crippen LogP contribution in [0.4, 0.5) is 0 Å². The largest absolute Gasteiger partial charge is 0.469 e. The number of aromatic nitrogens is 1. The summed E-state index contributed by atoms with van der Waals surface area (Å²) in [6, 6.07) is 3.93. The van der Waals surface area contributed by atoms with Crippen molar-refractivity contribution in [3.8, 4) is 0 Å². The van der Waals surface area contributed by atoms with Crippen LogP contribution in [0.1, 0.15) is 24.3 Å². The maximum Gasteiger partial charge on any atom is 0.312 e. The lowest BCUT2D eigenvalue weighted by Crippen LogP contribution is -2.32. The maximum absolute atomic E-state index is 11.9. The molecule has 0 radical (unpaired) electrons. The molecule has 0 spiro atoms. The van der Waals surface area contributed by atoms with Crippen LogP contribution in [0.25, 0.3) is 0 Å². The Morgan fingerprint density at radius 2 is 2.06 bits per heavy atom. The van der Waals surface area contributed by atoms with Crippen LogP contribution in [-0.4, -0.2) is 30.3 Å². The van der Waals surface area contributed by atoms with Crippen LogP contribution < -0.4 is 0 Å². The Morgan fingerprint density at radius 3 is 2.76 bits per heavy atom. The van der Waals surface area contributed by atoms with Crippen molar-refractivity contribution in [2.24, 2.45) is 5.92 Å². The summed E-state index contributed by atoms with van der Waals surface area (Å²) in [4.78, 5) is 15.9. The van der Waals surface area contributed by atoms with Crippen LogP contribution in [0.3, 0.4) is 0 Å². The quantitative estimate of drug-likeness (QED) is 0.727. The molecule has 2 bridgehead atoms. The molecular formula is C13H15NO3. The lowest BCUT2D eigenvalue weighted by atomic mass is 9.76. The number of pyridine rings is 1. The van der Waals surface area contributed by atoms with E-state index in [0.29, 0.717) is 0 Å². The fraction of sp³-hybridized carbons (Fsp3) is 0.538. The predicted octanol–water partition coefficient (Wildman–Crippen LogP) is 1.52. The number of methoxy groups -OCH3 is 1. The fourth-order valence-corrected chi connectivity index (χ4v) is 3.12. The average Bonchev–Trinajstić information content (AvgIpc) is 2.99. The van der Waals surface area contributed by atoms with E-state index in [0.717, 1.165) is 18.4 Å². The lowest BCUT2D eigenvalue weighted by molar-refractivity contribution is -0.147. The van der Waals surface area contributed by atoms with Crippen molar-refractivity contribution >= 4 is 5.97 Å². The van der Waals surface area contributed by atoms with E-state index in [9.17, 15) is 4.79 Å². The van der Waals surface area contributed by atoms with E-state index in [4.69, 9.17) is 9.47 Å². The first kappa shape index (κ1) is 10.7. The minimum absolute atomic E-state index is 0.0330. The molecule has 0 aromatic carbocycles. The molecule has 0 amide bonds. The number of rotatable bonds is 2. The molecule has 4 atom stereocenters. The zero-order valence-electron chi connectivity index (χ0n) is 9.70. The first-order valence-electron chi connectivity index (χ1n) is 5.94. The van der Waals surface area contributed by atoms with E-state index in [1.807, 2.05) is 12.1 Å². The maximum atomic E-state index is 11.9. The smallest absolute Gasteiger partial charge is 0.312 e. The second-order valence-electron chi connectivity index (χ2n) is 4.65. The summed E-state index contributed by atoms with van der Waals surface area (Å²) in [5.41, 5.74) is 1.13. The van der Waals surface area contributed by atoms with Crippen molar-refractivity contribution in [3.05, 3.63) is 30.1 Å². The van der Waals surface area contributed by atoms with Gasteiger partial charge in [-0.25, -0.2) is 0 Å². The summed E-state index contributed by atoms with van der Waals surface area (Å²) in [6.45, 7) is 0. The molecular weight excluding hydrogens is 218 g/mol. The second-order valence-corrected chi connectivity index (χ2v) is 4.65. The highest BCUT2D eigenvalue weighted by atomic mass is 16.5. The van der Waals surface area contributed by atoms with Gasteiger partial charge in [0.25, 0.3) is 0 Å². The zero-order valence-corrected chi connectivity index (χ0v) is 9.70. The van der Waals surface area contributed by atoms with Crippen molar-refractivity contribution in [3.63, 3.8) is 0 Å². The van der Waals surface area contributed by atoms with Crippen LogP contribution in [0, 0.1) is 5.92 Å². The highest BCUT2D eigenvalue weighted by molar-refractivity contribution is 5.75. The molecule has 0 saturated carbocycles. The molecule has 0 aliphatic carbocycles. The van der Waals surface area contributed by atoms with Gasteiger partial charge in [0.05, 0.1) is 25.2 Å². The Morgan fingerprint density at radius 1 is 1.35 bits per heavy atom. The number of carbonyl (C=O) groups excluding carboxylic acids is 1. The molecule has 4 unspecified atom stereocenters. The number of fused-ring (bicyclic) bond motifs is 2. The molecule has 2 aliphatic heterocycles. The lowest BCUT2D eigenvalue weighted by Gasteiger charge is -2.26. The van der Waals surface area contributed by atoms with Gasteiger partial charge in [0.1, 0.15) is 0 Å². The summed E-state index contributed by atoms with van der Waals surface area (Å²) < 4.78 is 10.8. The fourth-order valence-electron chi connectivity index (χ4n) is 3.12. The Hall–Kier alpha value is -1.42. The predicted molar refractivity (Wildman–Crippen MR) is 60.4 cm³/mol. The van der Waals surface area contributed by atoms with Crippen molar-refractivity contribution in [2.75, 3.05) is 7.11 Å². The summed E-state index contributed by atoms with van der Waals surface area (Å²) in [5, 5.41) is 0. The zero-order chi connectivity index (χ0) is 11.8. The van der Waals surface area contributed by atoms with E-state index in [1.165, 1.54) is 7.11 Å². The molecule has 1 aromatic heterocycles. The minimum atomic E-state index is -0.154. The molecule has 3 heterocycles. The van der Waals surface area contributed by atoms with Crippen molar-refractivity contribution in [1.82, 2.24) is 4.98 Å². The Kier molecular flexibility index (Phi) is 2.59. The van der Waals surface area contributed by atoms with Gasteiger partial charge in [0, 0.05) is 18.3 Å². The van der Waals surface area contributed by atoms with Crippen LogP contribution in [0.2, 0.25) is 0 Å². The third kappa shape index (κ3) is 1.63. The van der Waals surface area contributed by atoms with Crippen molar-refractivity contribution in [1.29, 1.82) is 0 Å². The van der Waals surface area contributed by atoms with E-state index in [-0.39, 0.29) is 30.0 Å². The third-order valence-corrected chi connectivity index (χ3v) is 3.84. The van der Waals surface area contributed by atoms with E-state index in [2.05, 4.69) is 4.98 Å². The van der Waals surface area contributed by atoms with E-state index in [1.54, 1.807) is 12.4 Å². The SMILES string of the molecule is COC(=O)C1C2CCC(O2)C1c1ccncc1. The Labute approximate surface area is 99.9 Å². The summed E-state index contributed by atoms with van der Waals surface area (Å²) in [7, 11) is 1.44. The Bertz CT molecular complexity index is 420. The van der Waals surface area contributed by atoms with Crippen LogP contribution >= 0.6 is 0 Å². The number of hydrogen-bond donors (Lipinski definition) is 0.